The Hall–Kier alpha value is -1.99. The Bertz CT molecular complexity index is 616. The van der Waals surface area contributed by atoms with E-state index in [-0.39, 0.29) is 18.4 Å². The van der Waals surface area contributed by atoms with Crippen LogP contribution in [0.4, 0.5) is 10.5 Å². The first-order chi connectivity index (χ1) is 11.8. The minimum Gasteiger partial charge on any atom is -0.454 e. The second-order valence-electron chi connectivity index (χ2n) is 6.46. The molecule has 0 aliphatic carbocycles. The van der Waals surface area contributed by atoms with E-state index in [2.05, 4.69) is 10.6 Å². The van der Waals surface area contributed by atoms with Crippen LogP contribution in [0.15, 0.2) is 18.2 Å². The Morgan fingerprint density at radius 3 is 2.92 bits per heavy atom. The van der Waals surface area contributed by atoms with E-state index < -0.39 is 0 Å². The summed E-state index contributed by atoms with van der Waals surface area (Å²) >= 11 is 0. The summed E-state index contributed by atoms with van der Waals surface area (Å²) in [6.45, 7) is 4.04. The molecular weight excluding hydrogens is 310 g/mol. The molecule has 130 valence electrons. The van der Waals surface area contributed by atoms with Crippen LogP contribution < -0.4 is 20.1 Å². The molecule has 7 heteroatoms. The van der Waals surface area contributed by atoms with Crippen LogP contribution in [0.2, 0.25) is 0 Å². The van der Waals surface area contributed by atoms with E-state index in [1.807, 2.05) is 23.1 Å². The summed E-state index contributed by atoms with van der Waals surface area (Å²) < 4.78 is 16.4. The van der Waals surface area contributed by atoms with Crippen LogP contribution in [0.3, 0.4) is 0 Å². The number of ether oxygens (including phenoxy) is 3. The highest BCUT2D eigenvalue weighted by atomic mass is 16.7. The molecule has 0 aromatic heterocycles. The van der Waals surface area contributed by atoms with E-state index in [1.54, 1.807) is 0 Å². The van der Waals surface area contributed by atoms with Crippen LogP contribution in [0, 0.1) is 0 Å². The minimum atomic E-state index is -0.124. The number of fused-ring (bicyclic) bond motifs is 1. The van der Waals surface area contributed by atoms with Crippen molar-refractivity contribution < 1.29 is 19.0 Å². The summed E-state index contributed by atoms with van der Waals surface area (Å²) in [5, 5.41) is 6.43. The van der Waals surface area contributed by atoms with Crippen LogP contribution in [0.5, 0.6) is 11.5 Å². The first kappa shape index (κ1) is 15.5. The van der Waals surface area contributed by atoms with E-state index in [4.69, 9.17) is 14.2 Å². The molecule has 0 unspecified atom stereocenters. The average molecular weight is 333 g/mol. The van der Waals surface area contributed by atoms with Gasteiger partial charge in [0.2, 0.25) is 6.79 Å². The van der Waals surface area contributed by atoms with Crippen molar-refractivity contribution >= 4 is 11.7 Å². The van der Waals surface area contributed by atoms with Gasteiger partial charge >= 0.3 is 6.03 Å². The number of para-hydroxylation sites is 1. The summed E-state index contributed by atoms with van der Waals surface area (Å²) in [6.07, 6.45) is 2.72. The highest BCUT2D eigenvalue weighted by molar-refractivity contribution is 5.92. The Balaban J connectivity index is 1.56. The zero-order chi connectivity index (χ0) is 16.4. The molecule has 2 fully saturated rings. The molecule has 3 aliphatic heterocycles. The summed E-state index contributed by atoms with van der Waals surface area (Å²) in [5.74, 6) is 1.28. The van der Waals surface area contributed by atoms with Crippen molar-refractivity contribution in [3.05, 3.63) is 18.2 Å². The van der Waals surface area contributed by atoms with Gasteiger partial charge in [0.1, 0.15) is 0 Å². The number of benzene rings is 1. The second kappa shape index (κ2) is 6.49. The molecule has 2 N–H and O–H groups in total. The molecular formula is C17H23N3O4. The fourth-order valence-electron chi connectivity index (χ4n) is 3.81. The van der Waals surface area contributed by atoms with Crippen LogP contribution in [0.1, 0.15) is 19.3 Å². The molecule has 1 aromatic carbocycles. The lowest BCUT2D eigenvalue weighted by atomic mass is 9.85. The van der Waals surface area contributed by atoms with E-state index in [0.29, 0.717) is 36.9 Å². The quantitative estimate of drug-likeness (QED) is 0.820. The van der Waals surface area contributed by atoms with Crippen LogP contribution in [-0.2, 0) is 4.74 Å². The van der Waals surface area contributed by atoms with Gasteiger partial charge in [-0.1, -0.05) is 6.07 Å². The smallest absolute Gasteiger partial charge is 0.322 e. The van der Waals surface area contributed by atoms with E-state index >= 15 is 0 Å². The van der Waals surface area contributed by atoms with Gasteiger partial charge in [-0.05, 0) is 37.9 Å². The van der Waals surface area contributed by atoms with E-state index in [1.165, 1.54) is 0 Å². The monoisotopic (exact) mass is 333 g/mol. The molecule has 1 spiro atoms. The Morgan fingerprint density at radius 1 is 1.17 bits per heavy atom. The van der Waals surface area contributed by atoms with Gasteiger partial charge in [-0.3, -0.25) is 0 Å². The summed E-state index contributed by atoms with van der Waals surface area (Å²) in [5.41, 5.74) is 0.538. The van der Waals surface area contributed by atoms with Crippen molar-refractivity contribution in [3.63, 3.8) is 0 Å². The van der Waals surface area contributed by atoms with Gasteiger partial charge in [0.25, 0.3) is 0 Å². The molecule has 4 rings (SSSR count). The Morgan fingerprint density at radius 2 is 2.04 bits per heavy atom. The van der Waals surface area contributed by atoms with Gasteiger partial charge in [-0.15, -0.1) is 0 Å². The average Bonchev–Trinajstić information content (AvgIpc) is 3.00. The van der Waals surface area contributed by atoms with E-state index in [0.717, 1.165) is 32.4 Å². The number of nitrogens with one attached hydrogen (secondary N) is 2. The van der Waals surface area contributed by atoms with Crippen molar-refractivity contribution in [2.75, 3.05) is 45.0 Å². The zero-order valence-electron chi connectivity index (χ0n) is 13.7. The van der Waals surface area contributed by atoms with Gasteiger partial charge in [0, 0.05) is 26.3 Å². The van der Waals surface area contributed by atoms with Crippen molar-refractivity contribution in [2.45, 2.75) is 24.8 Å². The molecule has 0 atom stereocenters. The third kappa shape index (κ3) is 2.78. The molecule has 0 saturated carbocycles. The highest BCUT2D eigenvalue weighted by Gasteiger charge is 2.42. The maximum Gasteiger partial charge on any atom is 0.322 e. The first-order valence-corrected chi connectivity index (χ1v) is 8.54. The minimum absolute atomic E-state index is 0.0792. The normalized spacial score (nSPS) is 22.2. The maximum atomic E-state index is 13.0. The number of urea groups is 1. The molecule has 0 radical (unpaired) electrons. The topological polar surface area (TPSA) is 72.1 Å². The van der Waals surface area contributed by atoms with Crippen molar-refractivity contribution in [1.82, 2.24) is 10.2 Å². The number of carbonyl (C=O) groups is 1. The maximum absolute atomic E-state index is 13.0. The molecule has 2 amide bonds. The SMILES string of the molecule is O=C(Nc1cccc2c1OCO2)N1CCNCCC12CCOCC2. The molecule has 3 aliphatic rings. The van der Waals surface area contributed by atoms with Gasteiger partial charge in [0.05, 0.1) is 11.2 Å². The van der Waals surface area contributed by atoms with Crippen LogP contribution >= 0.6 is 0 Å². The van der Waals surface area contributed by atoms with Crippen LogP contribution in [-0.4, -0.2) is 56.1 Å². The standard InChI is InChI=1S/C17H23N3O4/c21-16(19-13-2-1-3-14-15(13)24-12-23-14)20-9-8-18-7-4-17(20)5-10-22-11-6-17/h1-3,18H,4-12H2,(H,19,21). The third-order valence-electron chi connectivity index (χ3n) is 5.16. The number of nitrogens with zero attached hydrogens (tertiary/aromatic N) is 1. The lowest BCUT2D eigenvalue weighted by molar-refractivity contribution is -0.00659. The number of hydrogen-bond donors (Lipinski definition) is 2. The summed E-state index contributed by atoms with van der Waals surface area (Å²) in [7, 11) is 0. The van der Waals surface area contributed by atoms with Crippen molar-refractivity contribution in [1.29, 1.82) is 0 Å². The highest BCUT2D eigenvalue weighted by Crippen LogP contribution is 2.39. The number of carbonyl (C=O) groups excluding carboxylic acids is 1. The molecule has 7 nitrogen and oxygen atoms in total. The number of anilines is 1. The number of rotatable bonds is 1. The predicted molar refractivity (Wildman–Crippen MR) is 88.6 cm³/mol. The molecule has 3 heterocycles. The zero-order valence-corrected chi connectivity index (χ0v) is 13.7. The van der Waals surface area contributed by atoms with E-state index in [9.17, 15) is 4.79 Å². The fourth-order valence-corrected chi connectivity index (χ4v) is 3.81. The Kier molecular flexibility index (Phi) is 4.20. The lowest BCUT2D eigenvalue weighted by Gasteiger charge is -2.45. The van der Waals surface area contributed by atoms with Gasteiger partial charge < -0.3 is 29.7 Å². The van der Waals surface area contributed by atoms with Gasteiger partial charge in [-0.25, -0.2) is 4.79 Å². The van der Waals surface area contributed by atoms with Gasteiger partial charge in [0.15, 0.2) is 11.5 Å². The second-order valence-corrected chi connectivity index (χ2v) is 6.46. The lowest BCUT2D eigenvalue weighted by Crippen LogP contribution is -2.56. The largest absolute Gasteiger partial charge is 0.454 e. The van der Waals surface area contributed by atoms with Crippen molar-refractivity contribution in [2.24, 2.45) is 0 Å². The number of amides is 2. The predicted octanol–water partition coefficient (Wildman–Crippen LogP) is 1.79. The number of hydrogen-bond acceptors (Lipinski definition) is 5. The first-order valence-electron chi connectivity index (χ1n) is 8.54. The third-order valence-corrected chi connectivity index (χ3v) is 5.16. The Labute approximate surface area is 141 Å². The summed E-state index contributed by atoms with van der Waals surface area (Å²) in [4.78, 5) is 15.0. The van der Waals surface area contributed by atoms with Gasteiger partial charge in [-0.2, -0.15) is 0 Å². The fraction of sp³-hybridized carbons (Fsp3) is 0.588. The summed E-state index contributed by atoms with van der Waals surface area (Å²) in [6, 6.07) is 5.47. The molecule has 2 saturated heterocycles. The van der Waals surface area contributed by atoms with Crippen LogP contribution in [0.25, 0.3) is 0 Å². The molecule has 24 heavy (non-hydrogen) atoms. The molecule has 1 aromatic rings. The molecule has 0 bridgehead atoms. The van der Waals surface area contributed by atoms with Crippen molar-refractivity contribution in [3.8, 4) is 11.5 Å².